The Kier molecular flexibility index (Phi) is 4.11. The number of rotatable bonds is 2. The fourth-order valence-electron chi connectivity index (χ4n) is 0.195. The SMILES string of the molecule is CC(=O)[O][AlH][O]C(C)=O. The van der Waals surface area contributed by atoms with E-state index in [9.17, 15) is 9.59 Å². The lowest BCUT2D eigenvalue weighted by atomic mass is 10.9. The minimum Gasteiger partial charge on any atom is -0.588 e. The molecule has 0 radical (unpaired) electrons. The normalized spacial score (nSPS) is 7.78. The largest absolute Gasteiger partial charge is 0.836 e. The standard InChI is InChI=1S/2C2H4O2.Al.H/c2*1-2(3)4;;/h2*1H3,(H,3,4);;/q;;+2;/p-2. The van der Waals surface area contributed by atoms with Crippen molar-refractivity contribution in [1.82, 2.24) is 0 Å². The van der Waals surface area contributed by atoms with Crippen molar-refractivity contribution in [3.05, 3.63) is 0 Å². The molecule has 0 aliphatic heterocycles. The van der Waals surface area contributed by atoms with Crippen LogP contribution >= 0.6 is 0 Å². The molecule has 0 unspecified atom stereocenters. The van der Waals surface area contributed by atoms with E-state index < -0.39 is 27.8 Å². The van der Waals surface area contributed by atoms with Crippen LogP contribution in [0.1, 0.15) is 13.8 Å². The predicted molar refractivity (Wildman–Crippen MR) is 30.7 cm³/mol. The quantitative estimate of drug-likeness (QED) is 0.487. The average Bonchev–Trinajstić information content (AvgIpc) is 1.63. The average molecular weight is 146 g/mol. The van der Waals surface area contributed by atoms with Gasteiger partial charge in [-0.25, -0.2) is 0 Å². The van der Waals surface area contributed by atoms with Gasteiger partial charge in [0.25, 0.3) is 11.9 Å². The molecule has 0 bridgehead atoms. The fraction of sp³-hybridized carbons (Fsp3) is 0.500. The molecule has 0 aromatic heterocycles. The molecule has 0 heterocycles. The Morgan fingerprint density at radius 2 is 1.44 bits per heavy atom. The minimum absolute atomic E-state index is 0.400. The Morgan fingerprint density at radius 3 is 1.67 bits per heavy atom. The molecule has 0 aliphatic carbocycles. The van der Waals surface area contributed by atoms with E-state index in [0.717, 1.165) is 0 Å². The maximum atomic E-state index is 10.0. The van der Waals surface area contributed by atoms with E-state index in [1.807, 2.05) is 0 Å². The first kappa shape index (κ1) is 8.47. The number of hydrogen-bond acceptors (Lipinski definition) is 4. The third kappa shape index (κ3) is 7.47. The van der Waals surface area contributed by atoms with Crippen LogP contribution in [-0.2, 0) is 17.2 Å². The predicted octanol–water partition coefficient (Wildman–Crippen LogP) is -0.621. The van der Waals surface area contributed by atoms with Gasteiger partial charge in [-0.3, -0.25) is 9.59 Å². The molecular weight excluding hydrogens is 139 g/mol. The van der Waals surface area contributed by atoms with Crippen LogP contribution < -0.4 is 0 Å². The van der Waals surface area contributed by atoms with E-state index in [1.165, 1.54) is 13.8 Å². The lowest BCUT2D eigenvalue weighted by Crippen LogP contribution is -2.11. The Bertz CT molecular complexity index is 108. The summed E-state index contributed by atoms with van der Waals surface area (Å²) >= 11 is -1.38. The third-order valence-electron chi connectivity index (χ3n) is 0.524. The van der Waals surface area contributed by atoms with Crippen molar-refractivity contribution in [2.24, 2.45) is 0 Å². The summed E-state index contributed by atoms with van der Waals surface area (Å²) in [6.07, 6.45) is 0. The molecule has 0 saturated heterocycles. The number of carbonyl (C=O) groups is 2. The van der Waals surface area contributed by atoms with E-state index in [2.05, 4.69) is 7.58 Å². The molecule has 0 fully saturated rings. The summed E-state index contributed by atoms with van der Waals surface area (Å²) < 4.78 is 8.82. The van der Waals surface area contributed by atoms with E-state index in [1.54, 1.807) is 0 Å². The highest BCUT2D eigenvalue weighted by Gasteiger charge is 2.04. The van der Waals surface area contributed by atoms with Crippen molar-refractivity contribution >= 4 is 27.8 Å². The van der Waals surface area contributed by atoms with E-state index in [-0.39, 0.29) is 0 Å². The van der Waals surface area contributed by atoms with Gasteiger partial charge in [0.15, 0.2) is 0 Å². The van der Waals surface area contributed by atoms with Gasteiger partial charge in [0, 0.05) is 13.8 Å². The molecule has 0 atom stereocenters. The van der Waals surface area contributed by atoms with Crippen molar-refractivity contribution in [3.8, 4) is 0 Å². The Labute approximate surface area is 59.5 Å². The van der Waals surface area contributed by atoms with Crippen LogP contribution in [0.4, 0.5) is 0 Å². The highest BCUT2D eigenvalue weighted by molar-refractivity contribution is 6.25. The van der Waals surface area contributed by atoms with Crippen LogP contribution in [0.2, 0.25) is 0 Å². The Balaban J connectivity index is 3.10. The van der Waals surface area contributed by atoms with Crippen LogP contribution in [0.25, 0.3) is 0 Å². The molecule has 0 N–H and O–H groups in total. The van der Waals surface area contributed by atoms with E-state index in [4.69, 9.17) is 0 Å². The summed E-state index contributed by atoms with van der Waals surface area (Å²) in [6.45, 7) is 2.55. The molecule has 0 aromatic carbocycles. The molecule has 0 rings (SSSR count). The lowest BCUT2D eigenvalue weighted by Gasteiger charge is -1.98. The van der Waals surface area contributed by atoms with Crippen molar-refractivity contribution < 1.29 is 17.2 Å². The minimum atomic E-state index is -1.38. The van der Waals surface area contributed by atoms with Gasteiger partial charge >= 0.3 is 15.9 Å². The zero-order valence-corrected chi connectivity index (χ0v) is 6.75. The number of hydrogen-bond donors (Lipinski definition) is 0. The second-order valence-corrected chi connectivity index (χ2v) is 2.20. The second-order valence-electron chi connectivity index (χ2n) is 1.39. The molecule has 50 valence electrons. The fourth-order valence-corrected chi connectivity index (χ4v) is 0.586. The highest BCUT2D eigenvalue weighted by atomic mass is 27.2. The first-order valence-electron chi connectivity index (χ1n) is 2.39. The molecule has 0 saturated carbocycles. The molecule has 0 aliphatic rings. The summed E-state index contributed by atoms with van der Waals surface area (Å²) in [5, 5.41) is 0. The van der Waals surface area contributed by atoms with Gasteiger partial charge in [-0.2, -0.15) is 0 Å². The van der Waals surface area contributed by atoms with Crippen LogP contribution in [0.5, 0.6) is 0 Å². The van der Waals surface area contributed by atoms with Gasteiger partial charge in [0.1, 0.15) is 0 Å². The first-order valence-corrected chi connectivity index (χ1v) is 3.55. The second kappa shape index (κ2) is 4.36. The first-order chi connectivity index (χ1) is 4.13. The van der Waals surface area contributed by atoms with Crippen molar-refractivity contribution in [3.63, 3.8) is 0 Å². The maximum Gasteiger partial charge on any atom is 0.836 e. The summed E-state index contributed by atoms with van der Waals surface area (Å²) in [5.74, 6) is -0.800. The summed E-state index contributed by atoms with van der Waals surface area (Å²) in [7, 11) is 0. The highest BCUT2D eigenvalue weighted by Crippen LogP contribution is 1.75. The zero-order chi connectivity index (χ0) is 7.28. The molecule has 4 nitrogen and oxygen atoms in total. The summed E-state index contributed by atoms with van der Waals surface area (Å²) in [5.41, 5.74) is 0. The monoisotopic (exact) mass is 146 g/mol. The molecule has 5 heteroatoms. The molecule has 0 amide bonds. The van der Waals surface area contributed by atoms with E-state index in [0.29, 0.717) is 0 Å². The molecular formula is C4H7AlO4. The number of carbonyl (C=O) groups excluding carboxylic acids is 2. The lowest BCUT2D eigenvalue weighted by molar-refractivity contribution is -0.136. The van der Waals surface area contributed by atoms with Crippen LogP contribution in [0.3, 0.4) is 0 Å². The zero-order valence-electron chi connectivity index (χ0n) is 5.34. The van der Waals surface area contributed by atoms with Gasteiger partial charge in [0.05, 0.1) is 0 Å². The van der Waals surface area contributed by atoms with Crippen molar-refractivity contribution in [2.45, 2.75) is 13.8 Å². The van der Waals surface area contributed by atoms with Gasteiger partial charge < -0.3 is 7.58 Å². The topological polar surface area (TPSA) is 52.6 Å². The third-order valence-corrected chi connectivity index (χ3v) is 1.57. The Morgan fingerprint density at radius 1 is 1.11 bits per heavy atom. The van der Waals surface area contributed by atoms with Gasteiger partial charge in [-0.1, -0.05) is 0 Å². The summed E-state index contributed by atoms with van der Waals surface area (Å²) in [6, 6.07) is 0. The van der Waals surface area contributed by atoms with Gasteiger partial charge in [0.2, 0.25) is 0 Å². The molecule has 0 aromatic rings. The summed E-state index contributed by atoms with van der Waals surface area (Å²) in [4.78, 5) is 20.1. The Hall–Kier alpha value is -0.528. The molecule has 0 spiro atoms. The van der Waals surface area contributed by atoms with Crippen LogP contribution in [-0.4, -0.2) is 27.8 Å². The van der Waals surface area contributed by atoms with Gasteiger partial charge in [-0.05, 0) is 0 Å². The van der Waals surface area contributed by atoms with Crippen LogP contribution in [0, 0.1) is 0 Å². The van der Waals surface area contributed by atoms with Gasteiger partial charge in [-0.15, -0.1) is 0 Å². The van der Waals surface area contributed by atoms with E-state index >= 15 is 0 Å². The van der Waals surface area contributed by atoms with Crippen molar-refractivity contribution in [1.29, 1.82) is 0 Å². The van der Waals surface area contributed by atoms with Crippen LogP contribution in [0.15, 0.2) is 0 Å². The smallest absolute Gasteiger partial charge is 0.588 e. The maximum absolute atomic E-state index is 10.0. The molecule has 9 heavy (non-hydrogen) atoms. The van der Waals surface area contributed by atoms with Crippen molar-refractivity contribution in [2.75, 3.05) is 0 Å².